The van der Waals surface area contributed by atoms with E-state index >= 15 is 0 Å². The topological polar surface area (TPSA) is 58.9 Å². The van der Waals surface area contributed by atoms with Crippen LogP contribution in [0.25, 0.3) is 10.9 Å². The Morgan fingerprint density at radius 3 is 2.69 bits per heavy atom. The summed E-state index contributed by atoms with van der Waals surface area (Å²) in [6, 6.07) is 14.0. The summed E-state index contributed by atoms with van der Waals surface area (Å²) in [7, 11) is 3.84. The van der Waals surface area contributed by atoms with Gasteiger partial charge in [0.15, 0.2) is 0 Å². The number of nitrogens with one attached hydrogen (secondary N) is 1. The second kappa shape index (κ2) is 6.44. The average Bonchev–Trinajstić information content (AvgIpc) is 3.02. The van der Waals surface area contributed by atoms with Crippen molar-refractivity contribution in [2.75, 3.05) is 17.3 Å². The minimum atomic E-state index is -0.283. The van der Waals surface area contributed by atoms with Crippen molar-refractivity contribution in [3.8, 4) is 0 Å². The smallest absolute Gasteiger partial charge is 0.229 e. The quantitative estimate of drug-likeness (QED) is 0.604. The molecule has 26 heavy (non-hydrogen) atoms. The Kier molecular flexibility index (Phi) is 3.96. The van der Waals surface area contributed by atoms with Crippen LogP contribution in [0.5, 0.6) is 0 Å². The standard InChI is InChI=1S/C19H17FN6/c1-25-12-13-3-8-16(11-17(13)24-25)26(2)18-9-10-21-19(23-18)22-15-6-4-14(20)5-7-15/h3-12H,1-2H3,(H,21,22,23). The van der Waals surface area contributed by atoms with Crippen LogP contribution < -0.4 is 10.2 Å². The van der Waals surface area contributed by atoms with Crippen LogP contribution in [0.4, 0.5) is 27.5 Å². The van der Waals surface area contributed by atoms with Gasteiger partial charge in [0.2, 0.25) is 5.95 Å². The first kappa shape index (κ1) is 16.0. The number of aryl methyl sites for hydroxylation is 1. The van der Waals surface area contributed by atoms with Gasteiger partial charge in [-0.1, -0.05) is 0 Å². The van der Waals surface area contributed by atoms with Crippen molar-refractivity contribution in [1.29, 1.82) is 0 Å². The third-order valence-corrected chi connectivity index (χ3v) is 4.08. The van der Waals surface area contributed by atoms with Crippen LogP contribution in [-0.2, 0) is 7.05 Å². The van der Waals surface area contributed by atoms with Gasteiger partial charge in [-0.15, -0.1) is 0 Å². The number of nitrogens with zero attached hydrogens (tertiary/aromatic N) is 5. The van der Waals surface area contributed by atoms with Crippen molar-refractivity contribution in [2.24, 2.45) is 7.05 Å². The molecular formula is C19H17FN6. The fourth-order valence-corrected chi connectivity index (χ4v) is 2.73. The predicted octanol–water partition coefficient (Wildman–Crippen LogP) is 4.01. The summed E-state index contributed by atoms with van der Waals surface area (Å²) in [6.45, 7) is 0. The van der Waals surface area contributed by atoms with Crippen molar-refractivity contribution in [3.05, 3.63) is 66.7 Å². The molecule has 0 fully saturated rings. The molecule has 4 rings (SSSR count). The minimum Gasteiger partial charge on any atom is -0.329 e. The molecule has 0 aliphatic rings. The van der Waals surface area contributed by atoms with Gasteiger partial charge < -0.3 is 10.2 Å². The highest BCUT2D eigenvalue weighted by molar-refractivity contribution is 5.83. The van der Waals surface area contributed by atoms with Crippen LogP contribution >= 0.6 is 0 Å². The van der Waals surface area contributed by atoms with E-state index in [-0.39, 0.29) is 5.82 Å². The van der Waals surface area contributed by atoms with Crippen LogP contribution in [0, 0.1) is 5.82 Å². The van der Waals surface area contributed by atoms with Gasteiger partial charge in [0, 0.05) is 43.3 Å². The molecule has 7 heteroatoms. The molecule has 0 amide bonds. The Bertz CT molecular complexity index is 1060. The Hall–Kier alpha value is -3.48. The molecule has 0 aliphatic carbocycles. The summed E-state index contributed by atoms with van der Waals surface area (Å²) < 4.78 is 14.8. The largest absolute Gasteiger partial charge is 0.329 e. The fourth-order valence-electron chi connectivity index (χ4n) is 2.73. The number of halogens is 1. The highest BCUT2D eigenvalue weighted by Crippen LogP contribution is 2.26. The summed E-state index contributed by atoms with van der Waals surface area (Å²) in [6.07, 6.45) is 3.67. The van der Waals surface area contributed by atoms with Crippen LogP contribution in [0.2, 0.25) is 0 Å². The molecule has 2 heterocycles. The number of hydrogen-bond donors (Lipinski definition) is 1. The summed E-state index contributed by atoms with van der Waals surface area (Å²) in [5.74, 6) is 0.898. The number of fused-ring (bicyclic) bond motifs is 1. The van der Waals surface area contributed by atoms with Crippen LogP contribution in [-0.4, -0.2) is 26.8 Å². The molecule has 0 radical (unpaired) electrons. The maximum absolute atomic E-state index is 13.0. The van der Waals surface area contributed by atoms with Gasteiger partial charge in [-0.2, -0.15) is 10.1 Å². The summed E-state index contributed by atoms with van der Waals surface area (Å²) >= 11 is 0. The van der Waals surface area contributed by atoms with E-state index in [2.05, 4.69) is 20.4 Å². The maximum Gasteiger partial charge on any atom is 0.229 e. The number of aromatic nitrogens is 4. The fraction of sp³-hybridized carbons (Fsp3) is 0.105. The Morgan fingerprint density at radius 1 is 1.08 bits per heavy atom. The van der Waals surface area contributed by atoms with Crippen molar-refractivity contribution >= 4 is 34.0 Å². The lowest BCUT2D eigenvalue weighted by Crippen LogP contribution is -2.12. The van der Waals surface area contributed by atoms with Crippen molar-refractivity contribution in [1.82, 2.24) is 19.7 Å². The first-order chi connectivity index (χ1) is 12.6. The van der Waals surface area contributed by atoms with Gasteiger partial charge in [0.25, 0.3) is 0 Å². The molecule has 0 spiro atoms. The molecule has 0 unspecified atom stereocenters. The number of benzene rings is 2. The van der Waals surface area contributed by atoms with E-state index < -0.39 is 0 Å². The molecule has 2 aromatic carbocycles. The molecule has 130 valence electrons. The van der Waals surface area contributed by atoms with Crippen LogP contribution in [0.1, 0.15) is 0 Å². The SMILES string of the molecule is CN(c1ccc2cn(C)nc2c1)c1ccnc(Nc2ccc(F)cc2)n1. The first-order valence-electron chi connectivity index (χ1n) is 8.11. The highest BCUT2D eigenvalue weighted by atomic mass is 19.1. The average molecular weight is 348 g/mol. The summed E-state index contributed by atoms with van der Waals surface area (Å²) in [5.41, 5.74) is 2.62. The highest BCUT2D eigenvalue weighted by Gasteiger charge is 2.09. The van der Waals surface area contributed by atoms with Crippen molar-refractivity contribution in [2.45, 2.75) is 0 Å². The van der Waals surface area contributed by atoms with E-state index in [9.17, 15) is 4.39 Å². The maximum atomic E-state index is 13.0. The zero-order valence-electron chi connectivity index (χ0n) is 14.4. The molecule has 0 aliphatic heterocycles. The zero-order chi connectivity index (χ0) is 18.1. The van der Waals surface area contributed by atoms with E-state index in [1.165, 1.54) is 12.1 Å². The van der Waals surface area contributed by atoms with E-state index in [4.69, 9.17) is 0 Å². The van der Waals surface area contributed by atoms with Gasteiger partial charge >= 0.3 is 0 Å². The molecule has 0 saturated heterocycles. The molecule has 0 atom stereocenters. The Morgan fingerprint density at radius 2 is 1.88 bits per heavy atom. The molecule has 2 aromatic heterocycles. The van der Waals surface area contributed by atoms with Crippen LogP contribution in [0.15, 0.2) is 60.9 Å². The van der Waals surface area contributed by atoms with Crippen LogP contribution in [0.3, 0.4) is 0 Å². The molecule has 6 nitrogen and oxygen atoms in total. The zero-order valence-corrected chi connectivity index (χ0v) is 14.4. The number of hydrogen-bond acceptors (Lipinski definition) is 5. The van der Waals surface area contributed by atoms with Gasteiger partial charge in [0.05, 0.1) is 5.52 Å². The lowest BCUT2D eigenvalue weighted by Gasteiger charge is -2.18. The number of rotatable bonds is 4. The lowest BCUT2D eigenvalue weighted by molar-refractivity contribution is 0.628. The minimum absolute atomic E-state index is 0.283. The third-order valence-electron chi connectivity index (χ3n) is 4.08. The molecule has 1 N–H and O–H groups in total. The monoisotopic (exact) mass is 348 g/mol. The van der Waals surface area contributed by atoms with Crippen molar-refractivity contribution < 1.29 is 4.39 Å². The second-order valence-electron chi connectivity index (χ2n) is 5.98. The summed E-state index contributed by atoms with van der Waals surface area (Å²) in [5, 5.41) is 8.61. The third kappa shape index (κ3) is 3.19. The van der Waals surface area contributed by atoms with Gasteiger partial charge in [-0.25, -0.2) is 9.37 Å². The Labute approximate surface area is 149 Å². The van der Waals surface area contributed by atoms with E-state index in [1.54, 1.807) is 23.0 Å². The van der Waals surface area contributed by atoms with E-state index in [1.807, 2.05) is 49.5 Å². The molecule has 0 bridgehead atoms. The van der Waals surface area contributed by atoms with Gasteiger partial charge in [0.1, 0.15) is 11.6 Å². The normalized spacial score (nSPS) is 10.9. The molecular weight excluding hydrogens is 331 g/mol. The number of anilines is 4. The molecule has 4 aromatic rings. The van der Waals surface area contributed by atoms with Gasteiger partial charge in [-0.05, 0) is 48.5 Å². The second-order valence-corrected chi connectivity index (χ2v) is 5.98. The lowest BCUT2D eigenvalue weighted by atomic mass is 10.2. The predicted molar refractivity (Wildman–Crippen MR) is 100 cm³/mol. The Balaban J connectivity index is 1.60. The van der Waals surface area contributed by atoms with E-state index in [0.29, 0.717) is 5.95 Å². The van der Waals surface area contributed by atoms with Crippen molar-refractivity contribution in [3.63, 3.8) is 0 Å². The van der Waals surface area contributed by atoms with E-state index in [0.717, 1.165) is 28.1 Å². The van der Waals surface area contributed by atoms with Gasteiger partial charge in [-0.3, -0.25) is 4.68 Å². The summed E-state index contributed by atoms with van der Waals surface area (Å²) in [4.78, 5) is 10.7. The first-order valence-corrected chi connectivity index (χ1v) is 8.11. The molecule has 0 saturated carbocycles.